The first-order valence-corrected chi connectivity index (χ1v) is 11.3. The van der Waals surface area contributed by atoms with E-state index >= 15 is 0 Å². The number of ketones is 1. The number of fused-ring (bicyclic) bond motifs is 1. The number of nitrogens with zero attached hydrogens (tertiary/aromatic N) is 5. The molecule has 1 amide bonds. The molecule has 2 aromatic heterocycles. The highest BCUT2D eigenvalue weighted by atomic mass is 16.3. The Morgan fingerprint density at radius 1 is 1.06 bits per heavy atom. The molecule has 0 unspecified atom stereocenters. The predicted molar refractivity (Wildman–Crippen MR) is 127 cm³/mol. The van der Waals surface area contributed by atoms with Gasteiger partial charge in [-0.25, -0.2) is 4.98 Å². The Morgan fingerprint density at radius 3 is 2.45 bits per heavy atom. The van der Waals surface area contributed by atoms with E-state index in [2.05, 4.69) is 15.0 Å². The monoisotopic (exact) mass is 449 g/mol. The van der Waals surface area contributed by atoms with Crippen LogP contribution in [-0.4, -0.2) is 62.5 Å². The molecule has 3 heterocycles. The number of Topliss-reactive ketones (excluding diaryl/α,β-unsaturated/α-hetero) is 1. The molecule has 33 heavy (non-hydrogen) atoms. The van der Waals surface area contributed by atoms with Gasteiger partial charge in [0, 0.05) is 50.8 Å². The van der Waals surface area contributed by atoms with Crippen LogP contribution in [0.4, 0.5) is 5.82 Å². The second-order valence-corrected chi connectivity index (χ2v) is 9.24. The molecule has 0 aliphatic carbocycles. The molecular weight excluding hydrogens is 418 g/mol. The van der Waals surface area contributed by atoms with E-state index in [4.69, 9.17) is 0 Å². The third-order valence-electron chi connectivity index (χ3n) is 6.10. The molecule has 3 aromatic rings. The molecule has 0 saturated carbocycles. The fourth-order valence-electron chi connectivity index (χ4n) is 4.23. The van der Waals surface area contributed by atoms with E-state index in [-0.39, 0.29) is 18.1 Å². The molecule has 0 atom stereocenters. The summed E-state index contributed by atoms with van der Waals surface area (Å²) in [6, 6.07) is 10.9. The largest absolute Gasteiger partial charge is 0.386 e. The molecule has 1 aliphatic rings. The van der Waals surface area contributed by atoms with Gasteiger partial charge in [-0.3, -0.25) is 9.59 Å². The third-order valence-corrected chi connectivity index (χ3v) is 6.10. The smallest absolute Gasteiger partial charge is 0.219 e. The number of aromatic nitrogens is 3. The van der Waals surface area contributed by atoms with Gasteiger partial charge in [0.2, 0.25) is 5.91 Å². The number of rotatable bonds is 5. The van der Waals surface area contributed by atoms with E-state index in [1.807, 2.05) is 28.5 Å². The van der Waals surface area contributed by atoms with E-state index in [1.165, 1.54) is 0 Å². The second-order valence-electron chi connectivity index (χ2n) is 9.24. The van der Waals surface area contributed by atoms with Crippen molar-refractivity contribution >= 4 is 23.2 Å². The minimum Gasteiger partial charge on any atom is -0.386 e. The van der Waals surface area contributed by atoms with Gasteiger partial charge in [0.15, 0.2) is 11.4 Å². The number of amides is 1. The molecule has 1 fully saturated rings. The average molecular weight is 450 g/mol. The van der Waals surface area contributed by atoms with Gasteiger partial charge in [0.05, 0.1) is 23.4 Å². The summed E-state index contributed by atoms with van der Waals surface area (Å²) in [5.74, 6) is 0.946. The van der Waals surface area contributed by atoms with E-state index in [0.717, 1.165) is 36.6 Å². The molecule has 8 heteroatoms. The minimum absolute atomic E-state index is 0.0324. The van der Waals surface area contributed by atoms with Crippen LogP contribution in [0.25, 0.3) is 5.65 Å². The molecule has 1 aromatic carbocycles. The molecule has 174 valence electrons. The Bertz CT molecular complexity index is 1180. The quantitative estimate of drug-likeness (QED) is 0.603. The van der Waals surface area contributed by atoms with E-state index in [9.17, 15) is 14.7 Å². The molecule has 4 rings (SSSR count). The number of carbonyl (C=O) groups excluding carboxylic acids is 2. The van der Waals surface area contributed by atoms with Crippen molar-refractivity contribution in [3.8, 4) is 0 Å². The highest BCUT2D eigenvalue weighted by Crippen LogP contribution is 2.23. The minimum atomic E-state index is -0.950. The number of aliphatic hydroxyl groups is 1. The van der Waals surface area contributed by atoms with Crippen LogP contribution in [0.3, 0.4) is 0 Å². The van der Waals surface area contributed by atoms with Crippen molar-refractivity contribution in [1.29, 1.82) is 0 Å². The summed E-state index contributed by atoms with van der Waals surface area (Å²) in [5, 5.41) is 14.8. The lowest BCUT2D eigenvalue weighted by Gasteiger charge is -2.24. The molecule has 1 saturated heterocycles. The van der Waals surface area contributed by atoms with E-state index in [0.29, 0.717) is 30.0 Å². The molecule has 1 aliphatic heterocycles. The highest BCUT2D eigenvalue weighted by Gasteiger charge is 2.21. The Balaban J connectivity index is 1.61. The Kier molecular flexibility index (Phi) is 6.21. The van der Waals surface area contributed by atoms with Crippen LogP contribution in [0, 0.1) is 6.92 Å². The van der Waals surface area contributed by atoms with Gasteiger partial charge in [-0.1, -0.05) is 24.3 Å². The summed E-state index contributed by atoms with van der Waals surface area (Å²) in [5.41, 5.74) is 2.64. The van der Waals surface area contributed by atoms with Crippen LogP contribution in [0.1, 0.15) is 54.5 Å². The number of carbonyl (C=O) groups is 2. The van der Waals surface area contributed by atoms with Crippen molar-refractivity contribution in [1.82, 2.24) is 19.5 Å². The van der Waals surface area contributed by atoms with Gasteiger partial charge < -0.3 is 14.9 Å². The van der Waals surface area contributed by atoms with E-state index in [1.54, 1.807) is 45.0 Å². The van der Waals surface area contributed by atoms with Crippen molar-refractivity contribution in [2.75, 3.05) is 31.1 Å². The number of hydrogen-bond acceptors (Lipinski definition) is 6. The molecule has 0 radical (unpaired) electrons. The summed E-state index contributed by atoms with van der Waals surface area (Å²) < 4.78 is 1.82. The molecule has 0 spiro atoms. The number of benzene rings is 1. The summed E-state index contributed by atoms with van der Waals surface area (Å²) in [6.07, 6.45) is 1.04. The maximum Gasteiger partial charge on any atom is 0.219 e. The van der Waals surface area contributed by atoms with Crippen LogP contribution in [0.5, 0.6) is 0 Å². The van der Waals surface area contributed by atoms with Gasteiger partial charge >= 0.3 is 0 Å². The van der Waals surface area contributed by atoms with Gasteiger partial charge in [-0.2, -0.15) is 9.61 Å². The zero-order valence-corrected chi connectivity index (χ0v) is 19.7. The fourth-order valence-corrected chi connectivity index (χ4v) is 4.23. The SMILES string of the molecule is CC(=O)N1CCCN(c2cc(CC(=O)c3ccc(C(C)(C)O)cc3)nc3cc(C)nn23)CC1. The van der Waals surface area contributed by atoms with Crippen LogP contribution >= 0.6 is 0 Å². The maximum absolute atomic E-state index is 13.0. The zero-order chi connectivity index (χ0) is 23.8. The van der Waals surface area contributed by atoms with Crippen molar-refractivity contribution < 1.29 is 14.7 Å². The summed E-state index contributed by atoms with van der Waals surface area (Å²) in [4.78, 5) is 33.6. The lowest BCUT2D eigenvalue weighted by molar-refractivity contribution is -0.128. The second kappa shape index (κ2) is 8.94. The summed E-state index contributed by atoms with van der Waals surface area (Å²) in [6.45, 7) is 9.86. The lowest BCUT2D eigenvalue weighted by Crippen LogP contribution is -2.34. The topological polar surface area (TPSA) is 91.0 Å². The van der Waals surface area contributed by atoms with Crippen molar-refractivity contribution in [3.05, 3.63) is 58.9 Å². The molecule has 1 N–H and O–H groups in total. The molecule has 0 bridgehead atoms. The van der Waals surface area contributed by atoms with Crippen molar-refractivity contribution in [2.45, 2.75) is 46.1 Å². The summed E-state index contributed by atoms with van der Waals surface area (Å²) in [7, 11) is 0. The van der Waals surface area contributed by atoms with Crippen LogP contribution in [0.15, 0.2) is 36.4 Å². The van der Waals surface area contributed by atoms with Crippen molar-refractivity contribution in [3.63, 3.8) is 0 Å². The van der Waals surface area contributed by atoms with Gasteiger partial charge in [0.1, 0.15) is 5.82 Å². The first kappa shape index (κ1) is 22.9. The zero-order valence-electron chi connectivity index (χ0n) is 19.7. The van der Waals surface area contributed by atoms with E-state index < -0.39 is 5.60 Å². The van der Waals surface area contributed by atoms with Gasteiger partial charge in [-0.15, -0.1) is 0 Å². The third kappa shape index (κ3) is 5.06. The number of anilines is 1. The van der Waals surface area contributed by atoms with Gasteiger partial charge in [0.25, 0.3) is 0 Å². The first-order chi connectivity index (χ1) is 15.6. The van der Waals surface area contributed by atoms with Gasteiger partial charge in [-0.05, 0) is 32.8 Å². The molecular formula is C25H31N5O3. The normalized spacial score (nSPS) is 15.1. The standard InChI is InChI=1S/C25H31N5O3/c1-17-14-23-26-21(15-22(32)19-6-8-20(9-7-19)25(3,4)33)16-24(30(23)27-17)29-11-5-10-28(12-13-29)18(2)31/h6-9,14,16,33H,5,10-13,15H2,1-4H3. The Morgan fingerprint density at radius 2 is 1.79 bits per heavy atom. The maximum atomic E-state index is 13.0. The van der Waals surface area contributed by atoms with Crippen LogP contribution < -0.4 is 4.90 Å². The summed E-state index contributed by atoms with van der Waals surface area (Å²) >= 11 is 0. The van der Waals surface area contributed by atoms with Crippen LogP contribution in [-0.2, 0) is 16.8 Å². The predicted octanol–water partition coefficient (Wildman–Crippen LogP) is 2.75. The molecule has 8 nitrogen and oxygen atoms in total. The lowest BCUT2D eigenvalue weighted by atomic mass is 9.96. The first-order valence-electron chi connectivity index (χ1n) is 11.3. The Hall–Kier alpha value is -3.26. The fraction of sp³-hybridized carbons (Fsp3) is 0.440. The van der Waals surface area contributed by atoms with Crippen LogP contribution in [0.2, 0.25) is 0 Å². The number of hydrogen-bond donors (Lipinski definition) is 1. The highest BCUT2D eigenvalue weighted by molar-refractivity contribution is 5.97. The van der Waals surface area contributed by atoms with Crippen molar-refractivity contribution in [2.24, 2.45) is 0 Å². The number of aryl methyl sites for hydroxylation is 1. The average Bonchev–Trinajstić information content (AvgIpc) is 2.96. The Labute approximate surface area is 193 Å².